The third kappa shape index (κ3) is 508. The summed E-state index contributed by atoms with van der Waals surface area (Å²) in [6.45, 7) is 0. The van der Waals surface area contributed by atoms with Crippen molar-refractivity contribution in [2.24, 2.45) is 0 Å². The second kappa shape index (κ2) is 4.66. The molecule has 0 atom stereocenters. The molecular weight excluding hydrogens is 167 g/mol. The van der Waals surface area contributed by atoms with Crippen molar-refractivity contribution in [1.29, 1.82) is 0 Å². The predicted octanol–water partition coefficient (Wildman–Crippen LogP) is -5.96. The maximum Gasteiger partial charge on any atom is 4.00 e. The fourth-order valence-corrected chi connectivity index (χ4v) is 0. The summed E-state index contributed by atoms with van der Waals surface area (Å²) in [5, 5.41) is 0. The van der Waals surface area contributed by atoms with E-state index in [1.54, 1.807) is 0 Å². The largest absolute Gasteiger partial charge is 4.00 e. The van der Waals surface area contributed by atoms with Gasteiger partial charge >= 0.3 is 16.5 Å². The van der Waals surface area contributed by atoms with Crippen molar-refractivity contribution in [2.75, 3.05) is 0 Å². The Bertz CT molecular complexity index is 23.6. The molecule has 0 amide bonds. The van der Waals surface area contributed by atoms with Crippen molar-refractivity contribution in [3.8, 4) is 0 Å². The Morgan fingerprint density at radius 3 is 0.857 bits per heavy atom. The van der Waals surface area contributed by atoms with Crippen molar-refractivity contribution in [3.05, 3.63) is 0 Å². The molecule has 0 saturated carbocycles. The van der Waals surface area contributed by atoms with Crippen LogP contribution in [0.3, 0.4) is 0 Å². The number of hydrogen-bond donors (Lipinski definition) is 0. The van der Waals surface area contributed by atoms with Gasteiger partial charge in [-0.1, -0.05) is 0 Å². The van der Waals surface area contributed by atoms with Crippen LogP contribution in [-0.2, 0) is 16.5 Å². The van der Waals surface area contributed by atoms with Crippen molar-refractivity contribution in [2.45, 2.75) is 0 Å². The van der Waals surface area contributed by atoms with Gasteiger partial charge in [0.25, 0.3) is 0 Å². The van der Waals surface area contributed by atoms with E-state index < -0.39 is 9.05 Å². The Balaban J connectivity index is -0.0000000800. The van der Waals surface area contributed by atoms with Crippen molar-refractivity contribution < 1.29 is 41.2 Å². The molecule has 0 rings (SSSR count). The molecule has 46 valence electrons. The molecule has 0 aromatic heterocycles. The maximum absolute atomic E-state index is 8.58. The topological polar surface area (TPSA) is 124 Å². The van der Waals surface area contributed by atoms with Crippen LogP contribution in [0.25, 0.3) is 0 Å². The van der Waals surface area contributed by atoms with Gasteiger partial charge in [-0.25, -0.2) is 0 Å². The minimum atomic E-state index is -5.61. The Hall–Kier alpha value is 0.510. The normalized spacial score (nSPS) is 8.57. The minimum absolute atomic E-state index is 0. The van der Waals surface area contributed by atoms with Crippen LogP contribution in [0.15, 0.2) is 0 Å². The van der Waals surface area contributed by atoms with Crippen LogP contribution in [0.1, 0.15) is 0 Å². The van der Waals surface area contributed by atoms with Crippen LogP contribution in [0.2, 0.25) is 0 Å². The van der Waals surface area contributed by atoms with Crippen LogP contribution in [-0.4, -0.2) is 14.5 Å². The Morgan fingerprint density at radius 1 is 0.857 bits per heavy atom. The molecule has 0 aliphatic rings. The second-order valence-electron chi connectivity index (χ2n) is 0.500. The first-order chi connectivity index (χ1) is 2.00. The zero-order valence-corrected chi connectivity index (χ0v) is 4.94. The molecule has 0 aromatic carbocycles. The van der Waals surface area contributed by atoms with Crippen LogP contribution >= 0.6 is 0 Å². The van der Waals surface area contributed by atoms with Gasteiger partial charge in [-0.05, 0) is 0 Å². The molecule has 0 spiro atoms. The molecule has 0 saturated heterocycles. The molecule has 0 aromatic rings. The molecule has 0 unspecified atom stereocenters. The van der Waals surface area contributed by atoms with Crippen LogP contribution in [0.5, 0.6) is 0 Å². The molecule has 5 nitrogen and oxygen atoms in total. The molecule has 0 fully saturated rings. The van der Waals surface area contributed by atoms with Gasteiger partial charge in [-0.2, -0.15) is 0 Å². The third-order valence-corrected chi connectivity index (χ3v) is 0. The van der Waals surface area contributed by atoms with Crippen LogP contribution in [0.4, 0.5) is 0 Å². The van der Waals surface area contributed by atoms with E-state index in [0.29, 0.717) is 0 Å². The van der Waals surface area contributed by atoms with Crippen molar-refractivity contribution in [3.63, 3.8) is 0 Å². The average molecular weight is 169 g/mol. The fourth-order valence-electron chi connectivity index (χ4n) is 0. The van der Waals surface area contributed by atoms with Crippen LogP contribution < -0.4 is 19.2 Å². The number of rotatable bonds is 0. The molecule has 0 aliphatic carbocycles. The SMILES string of the molecule is O.[Ni+4].[O-][Si]([O-])([O-])[O-]. The molecule has 2 N–H and O–H groups in total. The summed E-state index contributed by atoms with van der Waals surface area (Å²) in [4.78, 5) is 34.3. The smallest absolute Gasteiger partial charge is 0.894 e. The molecule has 0 bridgehead atoms. The van der Waals surface area contributed by atoms with Gasteiger partial charge in [0.2, 0.25) is 0 Å². The van der Waals surface area contributed by atoms with Gasteiger partial charge in [0.1, 0.15) is 0 Å². The van der Waals surface area contributed by atoms with E-state index in [1.165, 1.54) is 0 Å². The maximum atomic E-state index is 8.58. The monoisotopic (exact) mass is 168 g/mol. The molecule has 7 heteroatoms. The van der Waals surface area contributed by atoms with E-state index in [1.807, 2.05) is 0 Å². The van der Waals surface area contributed by atoms with E-state index in [2.05, 4.69) is 0 Å². The standard InChI is InChI=1S/Ni.O4Si.H2O/c;1-5(2,3)4;/h;;1H2/q+4;-4;. The summed E-state index contributed by atoms with van der Waals surface area (Å²) in [6, 6.07) is 0. The first-order valence-electron chi connectivity index (χ1n) is 0.816. The molecule has 0 aliphatic heterocycles. The predicted molar refractivity (Wildman–Crippen MR) is 9.37 cm³/mol. The summed E-state index contributed by atoms with van der Waals surface area (Å²) < 4.78 is 0. The second-order valence-corrected chi connectivity index (χ2v) is 1.50. The Morgan fingerprint density at radius 2 is 0.857 bits per heavy atom. The van der Waals surface area contributed by atoms with E-state index in [0.717, 1.165) is 0 Å². The van der Waals surface area contributed by atoms with E-state index in [9.17, 15) is 0 Å². The van der Waals surface area contributed by atoms with Crippen molar-refractivity contribution in [1.82, 2.24) is 0 Å². The summed E-state index contributed by atoms with van der Waals surface area (Å²) in [5.74, 6) is 0. The molecule has 0 radical (unpaired) electrons. The summed E-state index contributed by atoms with van der Waals surface area (Å²) in [6.07, 6.45) is 0. The quantitative estimate of drug-likeness (QED) is 0.334. The van der Waals surface area contributed by atoms with Gasteiger partial charge < -0.3 is 33.7 Å². The van der Waals surface area contributed by atoms with Gasteiger partial charge in [0.05, 0.1) is 0 Å². The first kappa shape index (κ1) is 15.6. The van der Waals surface area contributed by atoms with Gasteiger partial charge in [0, 0.05) is 0 Å². The van der Waals surface area contributed by atoms with Gasteiger partial charge in [-0.15, -0.1) is 0 Å². The molecule has 7 heavy (non-hydrogen) atoms. The first-order valence-corrected chi connectivity index (χ1v) is 2.45. The average Bonchev–Trinajstić information content (AvgIpc) is 0.722. The molecule has 0 heterocycles. The summed E-state index contributed by atoms with van der Waals surface area (Å²) >= 11 is 0. The zero-order chi connectivity index (χ0) is 4.50. The van der Waals surface area contributed by atoms with E-state index in [-0.39, 0.29) is 22.0 Å². The minimum Gasteiger partial charge on any atom is -0.894 e. The zero-order valence-electron chi connectivity index (χ0n) is 2.95. The summed E-state index contributed by atoms with van der Waals surface area (Å²) in [7, 11) is -5.61. The fraction of sp³-hybridized carbons (Fsp3) is 0. The van der Waals surface area contributed by atoms with E-state index in [4.69, 9.17) is 19.2 Å². The third-order valence-electron chi connectivity index (χ3n) is 0. The van der Waals surface area contributed by atoms with E-state index >= 15 is 0 Å². The van der Waals surface area contributed by atoms with Crippen molar-refractivity contribution >= 4 is 9.05 Å². The summed E-state index contributed by atoms with van der Waals surface area (Å²) in [5.41, 5.74) is 0. The van der Waals surface area contributed by atoms with Gasteiger partial charge in [0.15, 0.2) is 0 Å². The molecular formula is H2NiO5Si. The van der Waals surface area contributed by atoms with Crippen LogP contribution in [0, 0.1) is 0 Å². The Kier molecular flexibility index (Phi) is 10.4. The number of hydrogen-bond acceptors (Lipinski definition) is 4. The Labute approximate surface area is 51.0 Å². The van der Waals surface area contributed by atoms with Gasteiger partial charge in [-0.3, -0.25) is 0 Å².